The van der Waals surface area contributed by atoms with Crippen LogP contribution in [0.25, 0.3) is 0 Å². The Morgan fingerprint density at radius 3 is 2.84 bits per heavy atom. The van der Waals surface area contributed by atoms with Crippen LogP contribution in [0.1, 0.15) is 13.3 Å². The molecule has 0 saturated carbocycles. The standard InChI is InChI=1S/C11H19FN4O2S/c1-3-13-6-4-8-16(2)19(17,18)15-11-5-7-14-9-10(11)12/h5,7,9,13H,3-4,6,8H2,1-2H3,(H,14,15). The fraction of sp³-hybridized carbons (Fsp3) is 0.545. The molecule has 0 aliphatic carbocycles. The van der Waals surface area contributed by atoms with Gasteiger partial charge in [0.05, 0.1) is 11.9 Å². The molecule has 2 N–H and O–H groups in total. The summed E-state index contributed by atoms with van der Waals surface area (Å²) < 4.78 is 40.5. The predicted octanol–water partition coefficient (Wildman–Crippen LogP) is 0.809. The lowest BCUT2D eigenvalue weighted by molar-refractivity contribution is 0.459. The van der Waals surface area contributed by atoms with E-state index in [1.807, 2.05) is 6.92 Å². The van der Waals surface area contributed by atoms with Gasteiger partial charge in [-0.1, -0.05) is 6.92 Å². The number of aromatic nitrogens is 1. The lowest BCUT2D eigenvalue weighted by atomic mass is 10.4. The van der Waals surface area contributed by atoms with E-state index in [4.69, 9.17) is 0 Å². The van der Waals surface area contributed by atoms with Crippen molar-refractivity contribution in [1.82, 2.24) is 14.6 Å². The fourth-order valence-electron chi connectivity index (χ4n) is 1.40. The highest BCUT2D eigenvalue weighted by Crippen LogP contribution is 2.14. The van der Waals surface area contributed by atoms with Crippen molar-refractivity contribution < 1.29 is 12.8 Å². The molecular weight excluding hydrogens is 271 g/mol. The van der Waals surface area contributed by atoms with Gasteiger partial charge in [0.1, 0.15) is 0 Å². The molecule has 19 heavy (non-hydrogen) atoms. The van der Waals surface area contributed by atoms with Crippen molar-refractivity contribution in [2.24, 2.45) is 0 Å². The summed E-state index contributed by atoms with van der Waals surface area (Å²) in [6, 6.07) is 1.28. The Labute approximate surface area is 113 Å². The van der Waals surface area contributed by atoms with Gasteiger partial charge in [0, 0.05) is 19.8 Å². The van der Waals surface area contributed by atoms with Gasteiger partial charge >= 0.3 is 10.2 Å². The molecule has 0 atom stereocenters. The average Bonchev–Trinajstić information content (AvgIpc) is 2.37. The SMILES string of the molecule is CCNCCCN(C)S(=O)(=O)Nc1ccncc1F. The van der Waals surface area contributed by atoms with Crippen molar-refractivity contribution >= 4 is 15.9 Å². The number of hydrogen-bond acceptors (Lipinski definition) is 4. The van der Waals surface area contributed by atoms with Crippen molar-refractivity contribution in [3.8, 4) is 0 Å². The molecule has 0 aromatic carbocycles. The van der Waals surface area contributed by atoms with Crippen LogP contribution in [0.2, 0.25) is 0 Å². The molecule has 0 aliphatic rings. The van der Waals surface area contributed by atoms with Gasteiger partial charge in [-0.05, 0) is 25.6 Å². The quantitative estimate of drug-likeness (QED) is 0.695. The molecule has 1 aromatic heterocycles. The third kappa shape index (κ3) is 5.09. The van der Waals surface area contributed by atoms with E-state index in [0.717, 1.165) is 23.6 Å². The number of anilines is 1. The normalized spacial score (nSPS) is 11.8. The summed E-state index contributed by atoms with van der Waals surface area (Å²) in [5.74, 6) is -0.702. The molecule has 1 aromatic rings. The van der Waals surface area contributed by atoms with Crippen molar-refractivity contribution in [2.45, 2.75) is 13.3 Å². The Balaban J connectivity index is 2.58. The van der Waals surface area contributed by atoms with E-state index in [9.17, 15) is 12.8 Å². The van der Waals surface area contributed by atoms with Crippen LogP contribution < -0.4 is 10.0 Å². The zero-order valence-corrected chi connectivity index (χ0v) is 11.9. The van der Waals surface area contributed by atoms with Crippen LogP contribution in [-0.2, 0) is 10.2 Å². The molecule has 0 saturated heterocycles. The molecule has 0 amide bonds. The smallest absolute Gasteiger partial charge is 0.301 e. The molecule has 0 radical (unpaired) electrons. The molecule has 8 heteroatoms. The Morgan fingerprint density at radius 1 is 1.47 bits per heavy atom. The van der Waals surface area contributed by atoms with Crippen LogP contribution in [0.3, 0.4) is 0 Å². The Bertz CT molecular complexity index is 495. The van der Waals surface area contributed by atoms with Crippen molar-refractivity contribution in [2.75, 3.05) is 31.4 Å². The van der Waals surface area contributed by atoms with Crippen molar-refractivity contribution in [3.63, 3.8) is 0 Å². The number of halogens is 1. The van der Waals surface area contributed by atoms with Gasteiger partial charge in [0.15, 0.2) is 5.82 Å². The van der Waals surface area contributed by atoms with E-state index in [1.165, 1.54) is 19.3 Å². The van der Waals surface area contributed by atoms with Gasteiger partial charge in [-0.2, -0.15) is 12.7 Å². The van der Waals surface area contributed by atoms with Crippen LogP contribution in [-0.4, -0.2) is 44.4 Å². The Hall–Kier alpha value is -1.25. The van der Waals surface area contributed by atoms with E-state index < -0.39 is 16.0 Å². The fourth-order valence-corrected chi connectivity index (χ4v) is 2.37. The summed E-state index contributed by atoms with van der Waals surface area (Å²) in [6.45, 7) is 3.92. The minimum Gasteiger partial charge on any atom is -0.317 e. The summed E-state index contributed by atoms with van der Waals surface area (Å²) in [5, 5.41) is 3.10. The predicted molar refractivity (Wildman–Crippen MR) is 72.5 cm³/mol. The van der Waals surface area contributed by atoms with Crippen LogP contribution in [0, 0.1) is 5.82 Å². The summed E-state index contributed by atoms with van der Waals surface area (Å²) in [6.07, 6.45) is 2.97. The van der Waals surface area contributed by atoms with E-state index in [2.05, 4.69) is 15.0 Å². The molecule has 0 unspecified atom stereocenters. The largest absolute Gasteiger partial charge is 0.317 e. The van der Waals surface area contributed by atoms with Gasteiger partial charge < -0.3 is 5.32 Å². The molecule has 0 bridgehead atoms. The first-order valence-electron chi connectivity index (χ1n) is 6.01. The lowest BCUT2D eigenvalue weighted by Crippen LogP contribution is -2.34. The van der Waals surface area contributed by atoms with Gasteiger partial charge in [-0.25, -0.2) is 4.39 Å². The van der Waals surface area contributed by atoms with Crippen LogP contribution >= 0.6 is 0 Å². The van der Waals surface area contributed by atoms with Crippen molar-refractivity contribution in [1.29, 1.82) is 0 Å². The molecule has 6 nitrogen and oxygen atoms in total. The van der Waals surface area contributed by atoms with E-state index >= 15 is 0 Å². The van der Waals surface area contributed by atoms with Gasteiger partial charge in [0.2, 0.25) is 0 Å². The minimum atomic E-state index is -3.74. The second-order valence-electron chi connectivity index (χ2n) is 3.99. The van der Waals surface area contributed by atoms with Crippen LogP contribution in [0.15, 0.2) is 18.5 Å². The van der Waals surface area contributed by atoms with Crippen LogP contribution in [0.5, 0.6) is 0 Å². The maximum absolute atomic E-state index is 13.3. The maximum Gasteiger partial charge on any atom is 0.301 e. The topological polar surface area (TPSA) is 74.3 Å². The lowest BCUT2D eigenvalue weighted by Gasteiger charge is -2.18. The molecule has 1 heterocycles. The summed E-state index contributed by atoms with van der Waals surface area (Å²) >= 11 is 0. The minimum absolute atomic E-state index is 0.103. The molecule has 0 spiro atoms. The summed E-state index contributed by atoms with van der Waals surface area (Å²) in [4.78, 5) is 3.56. The summed E-state index contributed by atoms with van der Waals surface area (Å²) in [5.41, 5.74) is -0.103. The van der Waals surface area contributed by atoms with Gasteiger partial charge in [0.25, 0.3) is 0 Å². The Kier molecular flexibility index (Phi) is 6.13. The number of pyridine rings is 1. The Morgan fingerprint density at radius 2 is 2.21 bits per heavy atom. The highest BCUT2D eigenvalue weighted by atomic mass is 32.2. The molecular formula is C11H19FN4O2S. The van der Waals surface area contributed by atoms with Crippen LogP contribution in [0.4, 0.5) is 10.1 Å². The first kappa shape index (κ1) is 15.8. The zero-order chi connectivity index (χ0) is 14.3. The average molecular weight is 290 g/mol. The van der Waals surface area contributed by atoms with Gasteiger partial charge in [-0.15, -0.1) is 0 Å². The second kappa shape index (κ2) is 7.37. The number of rotatable bonds is 8. The zero-order valence-electron chi connectivity index (χ0n) is 11.1. The monoisotopic (exact) mass is 290 g/mol. The third-order valence-electron chi connectivity index (χ3n) is 2.50. The highest BCUT2D eigenvalue weighted by molar-refractivity contribution is 7.90. The second-order valence-corrected chi connectivity index (χ2v) is 5.77. The summed E-state index contributed by atoms with van der Waals surface area (Å²) in [7, 11) is -2.28. The maximum atomic E-state index is 13.3. The van der Waals surface area contributed by atoms with Crippen molar-refractivity contribution in [3.05, 3.63) is 24.3 Å². The number of nitrogens with one attached hydrogen (secondary N) is 2. The molecule has 0 aliphatic heterocycles. The number of nitrogens with zero attached hydrogens (tertiary/aromatic N) is 2. The molecule has 1 rings (SSSR count). The van der Waals surface area contributed by atoms with E-state index in [1.54, 1.807) is 0 Å². The first-order chi connectivity index (χ1) is 8.97. The first-order valence-corrected chi connectivity index (χ1v) is 7.45. The highest BCUT2D eigenvalue weighted by Gasteiger charge is 2.18. The number of hydrogen-bond donors (Lipinski definition) is 2. The molecule has 0 fully saturated rings. The van der Waals surface area contributed by atoms with E-state index in [0.29, 0.717) is 13.0 Å². The third-order valence-corrected chi connectivity index (χ3v) is 3.98. The molecule has 108 valence electrons. The van der Waals surface area contributed by atoms with Gasteiger partial charge in [-0.3, -0.25) is 9.71 Å². The van der Waals surface area contributed by atoms with E-state index in [-0.39, 0.29) is 5.69 Å².